The van der Waals surface area contributed by atoms with Crippen molar-refractivity contribution in [3.63, 3.8) is 0 Å². The zero-order valence-corrected chi connectivity index (χ0v) is 13.8. The van der Waals surface area contributed by atoms with E-state index >= 15 is 0 Å². The molecule has 0 bridgehead atoms. The summed E-state index contributed by atoms with van der Waals surface area (Å²) in [7, 11) is 3.39. The second kappa shape index (κ2) is 10.5. The molecule has 0 saturated carbocycles. The molecule has 1 aromatic carbocycles. The number of ether oxygens (including phenoxy) is 3. The van der Waals surface area contributed by atoms with E-state index in [1.807, 2.05) is 12.1 Å². The largest absolute Gasteiger partial charge is 0.493 e. The third kappa shape index (κ3) is 6.36. The monoisotopic (exact) mass is 295 g/mol. The Morgan fingerprint density at radius 1 is 1.10 bits per heavy atom. The fourth-order valence-electron chi connectivity index (χ4n) is 2.08. The molecule has 0 spiro atoms. The van der Waals surface area contributed by atoms with Crippen LogP contribution in [-0.2, 0) is 11.3 Å². The predicted molar refractivity (Wildman–Crippen MR) is 86.1 cm³/mol. The third-order valence-electron chi connectivity index (χ3n) is 3.67. The van der Waals surface area contributed by atoms with Crippen LogP contribution in [0.3, 0.4) is 0 Å². The molecular weight excluding hydrogens is 266 g/mol. The zero-order chi connectivity index (χ0) is 15.5. The van der Waals surface area contributed by atoms with Crippen molar-refractivity contribution < 1.29 is 14.2 Å². The minimum Gasteiger partial charge on any atom is -0.493 e. The van der Waals surface area contributed by atoms with Crippen LogP contribution in [0.2, 0.25) is 0 Å². The summed E-state index contributed by atoms with van der Waals surface area (Å²) in [5.74, 6) is 2.22. The van der Waals surface area contributed by atoms with Crippen LogP contribution in [0, 0.1) is 5.92 Å². The summed E-state index contributed by atoms with van der Waals surface area (Å²) in [6, 6.07) is 6.10. The van der Waals surface area contributed by atoms with E-state index in [1.165, 1.54) is 5.56 Å². The van der Waals surface area contributed by atoms with Crippen LogP contribution < -0.4 is 14.8 Å². The van der Waals surface area contributed by atoms with Crippen LogP contribution in [0.15, 0.2) is 18.2 Å². The number of rotatable bonds is 11. The van der Waals surface area contributed by atoms with Gasteiger partial charge in [-0.15, -0.1) is 0 Å². The number of methoxy groups -OCH3 is 2. The van der Waals surface area contributed by atoms with Crippen LogP contribution in [-0.4, -0.2) is 34.0 Å². The molecule has 0 radical (unpaired) electrons. The minimum absolute atomic E-state index is 0.602. The van der Waals surface area contributed by atoms with Crippen molar-refractivity contribution in [1.29, 1.82) is 0 Å². The average Bonchev–Trinajstić information content (AvgIpc) is 2.53. The number of hydrogen-bond donors (Lipinski definition) is 1. The highest BCUT2D eigenvalue weighted by molar-refractivity contribution is 5.42. The van der Waals surface area contributed by atoms with Crippen molar-refractivity contribution in [2.75, 3.05) is 34.0 Å². The second-order valence-electron chi connectivity index (χ2n) is 5.15. The highest BCUT2D eigenvalue weighted by Gasteiger charge is 2.09. The Morgan fingerprint density at radius 3 is 2.48 bits per heavy atom. The molecule has 0 unspecified atom stereocenters. The summed E-state index contributed by atoms with van der Waals surface area (Å²) in [5.41, 5.74) is 1.18. The standard InChI is InChI=1S/C17H29NO3/c1-5-14(6-2)13-21-16-8-7-15(11-17(16)20-4)12-18-9-10-19-3/h7-8,11,14,18H,5-6,9-10,12-13H2,1-4H3. The van der Waals surface area contributed by atoms with Gasteiger partial charge in [-0.2, -0.15) is 0 Å². The average molecular weight is 295 g/mol. The first-order valence-electron chi connectivity index (χ1n) is 7.74. The molecule has 120 valence electrons. The van der Waals surface area contributed by atoms with E-state index in [1.54, 1.807) is 14.2 Å². The molecule has 1 N–H and O–H groups in total. The Hall–Kier alpha value is -1.26. The Morgan fingerprint density at radius 2 is 1.86 bits per heavy atom. The normalized spacial score (nSPS) is 10.9. The van der Waals surface area contributed by atoms with Crippen molar-refractivity contribution in [1.82, 2.24) is 5.32 Å². The topological polar surface area (TPSA) is 39.7 Å². The van der Waals surface area contributed by atoms with E-state index in [-0.39, 0.29) is 0 Å². The van der Waals surface area contributed by atoms with Crippen LogP contribution in [0.1, 0.15) is 32.3 Å². The lowest BCUT2D eigenvalue weighted by Crippen LogP contribution is -2.18. The molecular formula is C17H29NO3. The molecule has 4 nitrogen and oxygen atoms in total. The van der Waals surface area contributed by atoms with Gasteiger partial charge in [-0.3, -0.25) is 0 Å². The maximum absolute atomic E-state index is 5.90. The van der Waals surface area contributed by atoms with Crippen LogP contribution in [0.25, 0.3) is 0 Å². The van der Waals surface area contributed by atoms with Crippen LogP contribution in [0.4, 0.5) is 0 Å². The molecule has 1 rings (SSSR count). The first-order chi connectivity index (χ1) is 10.2. The predicted octanol–water partition coefficient (Wildman–Crippen LogP) is 3.25. The molecule has 0 aromatic heterocycles. The summed E-state index contributed by atoms with van der Waals surface area (Å²) < 4.78 is 16.4. The van der Waals surface area contributed by atoms with Crippen LogP contribution >= 0.6 is 0 Å². The van der Waals surface area contributed by atoms with Crippen molar-refractivity contribution in [3.05, 3.63) is 23.8 Å². The van der Waals surface area contributed by atoms with E-state index in [4.69, 9.17) is 14.2 Å². The Balaban J connectivity index is 2.57. The molecule has 0 atom stereocenters. The zero-order valence-electron chi connectivity index (χ0n) is 13.8. The lowest BCUT2D eigenvalue weighted by atomic mass is 10.1. The molecule has 0 aliphatic rings. The van der Waals surface area contributed by atoms with Gasteiger partial charge in [-0.05, 0) is 23.6 Å². The van der Waals surface area contributed by atoms with E-state index in [0.29, 0.717) is 12.5 Å². The van der Waals surface area contributed by atoms with Crippen LogP contribution in [0.5, 0.6) is 11.5 Å². The summed E-state index contributed by atoms with van der Waals surface area (Å²) in [4.78, 5) is 0. The molecule has 1 aromatic rings. The molecule has 0 saturated heterocycles. The molecule has 4 heteroatoms. The molecule has 0 heterocycles. The molecule has 21 heavy (non-hydrogen) atoms. The lowest BCUT2D eigenvalue weighted by Gasteiger charge is -2.16. The van der Waals surface area contributed by atoms with E-state index in [2.05, 4.69) is 25.2 Å². The van der Waals surface area contributed by atoms with Gasteiger partial charge in [0, 0.05) is 20.2 Å². The highest BCUT2D eigenvalue weighted by Crippen LogP contribution is 2.28. The fraction of sp³-hybridized carbons (Fsp3) is 0.647. The number of nitrogens with one attached hydrogen (secondary N) is 1. The fourth-order valence-corrected chi connectivity index (χ4v) is 2.08. The van der Waals surface area contributed by atoms with Gasteiger partial charge in [-0.1, -0.05) is 32.8 Å². The van der Waals surface area contributed by atoms with E-state index in [9.17, 15) is 0 Å². The van der Waals surface area contributed by atoms with Gasteiger partial charge in [0.1, 0.15) is 0 Å². The van der Waals surface area contributed by atoms with Gasteiger partial charge in [0.15, 0.2) is 11.5 Å². The first kappa shape index (κ1) is 17.8. The van der Waals surface area contributed by atoms with Gasteiger partial charge in [0.05, 0.1) is 20.3 Å². The summed E-state index contributed by atoms with van der Waals surface area (Å²) in [5, 5.41) is 3.32. The number of benzene rings is 1. The Bertz CT molecular complexity index is 392. The van der Waals surface area contributed by atoms with Gasteiger partial charge in [0.25, 0.3) is 0 Å². The molecule has 0 aliphatic heterocycles. The van der Waals surface area contributed by atoms with Gasteiger partial charge < -0.3 is 19.5 Å². The molecule has 0 aliphatic carbocycles. The SMILES string of the molecule is CCC(CC)COc1ccc(CNCCOC)cc1OC. The van der Waals surface area contributed by atoms with E-state index < -0.39 is 0 Å². The second-order valence-corrected chi connectivity index (χ2v) is 5.15. The van der Waals surface area contributed by atoms with Gasteiger partial charge in [-0.25, -0.2) is 0 Å². The smallest absolute Gasteiger partial charge is 0.161 e. The van der Waals surface area contributed by atoms with Gasteiger partial charge >= 0.3 is 0 Å². The Labute approximate surface area is 128 Å². The molecule has 0 fully saturated rings. The lowest BCUT2D eigenvalue weighted by molar-refractivity contribution is 0.199. The highest BCUT2D eigenvalue weighted by atomic mass is 16.5. The van der Waals surface area contributed by atoms with Crippen molar-refractivity contribution in [2.45, 2.75) is 33.2 Å². The minimum atomic E-state index is 0.602. The van der Waals surface area contributed by atoms with E-state index in [0.717, 1.165) is 44.0 Å². The summed E-state index contributed by atoms with van der Waals surface area (Å²) in [6.45, 7) is 7.49. The maximum atomic E-state index is 5.90. The summed E-state index contributed by atoms with van der Waals surface area (Å²) >= 11 is 0. The molecule has 0 amide bonds. The van der Waals surface area contributed by atoms with Crippen molar-refractivity contribution in [2.24, 2.45) is 5.92 Å². The summed E-state index contributed by atoms with van der Waals surface area (Å²) in [6.07, 6.45) is 2.28. The quantitative estimate of drug-likeness (QED) is 0.636. The first-order valence-corrected chi connectivity index (χ1v) is 7.74. The Kier molecular flexibility index (Phi) is 8.87. The maximum Gasteiger partial charge on any atom is 0.161 e. The number of hydrogen-bond acceptors (Lipinski definition) is 4. The van der Waals surface area contributed by atoms with Crippen molar-refractivity contribution in [3.8, 4) is 11.5 Å². The van der Waals surface area contributed by atoms with Crippen molar-refractivity contribution >= 4 is 0 Å². The third-order valence-corrected chi connectivity index (χ3v) is 3.67. The van der Waals surface area contributed by atoms with Gasteiger partial charge in [0.2, 0.25) is 0 Å².